The number of alkyl halides is 3. The van der Waals surface area contributed by atoms with Crippen LogP contribution in [0.3, 0.4) is 0 Å². The van der Waals surface area contributed by atoms with E-state index in [-0.39, 0.29) is 17.2 Å². The van der Waals surface area contributed by atoms with E-state index in [1.165, 1.54) is 17.5 Å². The maximum Gasteiger partial charge on any atom is 0.449 e. The fraction of sp³-hybridized carbons (Fsp3) is 0.389. The molecule has 4 rings (SSSR count). The molecule has 1 aromatic carbocycles. The number of nitrogens with one attached hydrogen (secondary N) is 2. The van der Waals surface area contributed by atoms with E-state index in [2.05, 4.69) is 61.3 Å². The molecule has 1 fully saturated rings. The number of likely N-dealkylation sites (tertiary alicyclic amines) is 1. The lowest BCUT2D eigenvalue weighted by Crippen LogP contribution is -2.26. The summed E-state index contributed by atoms with van der Waals surface area (Å²) in [6, 6.07) is 8.52. The van der Waals surface area contributed by atoms with Crippen molar-refractivity contribution in [1.82, 2.24) is 24.8 Å². The van der Waals surface area contributed by atoms with Gasteiger partial charge in [-0.05, 0) is 18.9 Å². The molecule has 1 atom stereocenters. The van der Waals surface area contributed by atoms with Crippen molar-refractivity contribution in [2.75, 3.05) is 18.4 Å². The summed E-state index contributed by atoms with van der Waals surface area (Å²) in [5, 5.41) is 3.24. The van der Waals surface area contributed by atoms with Gasteiger partial charge in [-0.25, -0.2) is 15.0 Å². The summed E-state index contributed by atoms with van der Waals surface area (Å²) in [6.45, 7) is 4.61. The van der Waals surface area contributed by atoms with E-state index < -0.39 is 12.0 Å². The zero-order valence-electron chi connectivity index (χ0n) is 14.7. The Bertz CT molecular complexity index is 934. The highest BCUT2D eigenvalue weighted by atomic mass is 19.4. The quantitative estimate of drug-likeness (QED) is 0.731. The van der Waals surface area contributed by atoms with Gasteiger partial charge in [0.1, 0.15) is 11.8 Å². The number of hydrogen-bond donors (Lipinski definition) is 2. The predicted octanol–water partition coefficient (Wildman–Crippen LogP) is 3.37. The molecule has 1 aliphatic rings. The summed E-state index contributed by atoms with van der Waals surface area (Å²) < 4.78 is 38.6. The molecular weight excluding hydrogens is 357 g/mol. The zero-order chi connectivity index (χ0) is 19.0. The number of nitrogens with zero attached hydrogens (tertiary/aromatic N) is 4. The number of benzene rings is 1. The molecule has 0 radical (unpaired) electrons. The average Bonchev–Trinajstić information content (AvgIpc) is 3.24. The van der Waals surface area contributed by atoms with Crippen LogP contribution >= 0.6 is 0 Å². The second-order valence-corrected chi connectivity index (χ2v) is 6.85. The lowest BCUT2D eigenvalue weighted by molar-refractivity contribution is -0.144. The molecule has 0 bridgehead atoms. The molecule has 27 heavy (non-hydrogen) atoms. The Morgan fingerprint density at radius 1 is 1.22 bits per heavy atom. The average molecular weight is 376 g/mol. The molecule has 3 heterocycles. The van der Waals surface area contributed by atoms with Crippen LogP contribution in [0.15, 0.2) is 30.6 Å². The maximum atomic E-state index is 12.9. The molecule has 6 nitrogen and oxygen atoms in total. The van der Waals surface area contributed by atoms with E-state index >= 15 is 0 Å². The summed E-state index contributed by atoms with van der Waals surface area (Å²) in [5.41, 5.74) is 2.66. The number of rotatable bonds is 4. The van der Waals surface area contributed by atoms with E-state index in [1.54, 1.807) is 0 Å². The minimum Gasteiger partial charge on any atom is -0.364 e. The van der Waals surface area contributed by atoms with E-state index in [0.29, 0.717) is 5.82 Å². The molecule has 0 amide bonds. The molecule has 3 aromatic rings. The van der Waals surface area contributed by atoms with Gasteiger partial charge in [-0.1, -0.05) is 29.8 Å². The maximum absolute atomic E-state index is 12.9. The molecular formula is C18H19F3N6. The largest absolute Gasteiger partial charge is 0.449 e. The van der Waals surface area contributed by atoms with Crippen molar-refractivity contribution in [2.45, 2.75) is 32.1 Å². The predicted molar refractivity (Wildman–Crippen MR) is 95.2 cm³/mol. The first-order valence-corrected chi connectivity index (χ1v) is 8.71. The Balaban J connectivity index is 1.45. The lowest BCUT2D eigenvalue weighted by Gasteiger charge is -2.17. The van der Waals surface area contributed by atoms with Gasteiger partial charge in [-0.2, -0.15) is 13.2 Å². The van der Waals surface area contributed by atoms with E-state index in [4.69, 9.17) is 0 Å². The van der Waals surface area contributed by atoms with Gasteiger partial charge in [0.25, 0.3) is 0 Å². The standard InChI is InChI=1S/C18H19F3N6/c1-11-2-4-12(5-3-11)8-27-7-6-13(9-27)24-15-14-16(23-10-22-15)26-17(25-14)18(19,20)21/h2-5,10,13H,6-9H2,1H3,(H2,22,23,24,25,26). The molecule has 0 saturated carbocycles. The normalized spacial score (nSPS) is 18.3. The van der Waals surface area contributed by atoms with E-state index in [9.17, 15) is 13.2 Å². The summed E-state index contributed by atoms with van der Waals surface area (Å²) in [5.74, 6) is -0.710. The third-order valence-corrected chi connectivity index (χ3v) is 4.70. The van der Waals surface area contributed by atoms with Crippen LogP contribution in [0.25, 0.3) is 11.2 Å². The van der Waals surface area contributed by atoms with Crippen molar-refractivity contribution in [3.63, 3.8) is 0 Å². The second-order valence-electron chi connectivity index (χ2n) is 6.85. The highest BCUT2D eigenvalue weighted by molar-refractivity contribution is 5.82. The molecule has 1 saturated heterocycles. The van der Waals surface area contributed by atoms with Gasteiger partial charge in [0.05, 0.1) is 0 Å². The molecule has 2 aromatic heterocycles. The number of halogens is 3. The van der Waals surface area contributed by atoms with Gasteiger partial charge in [0.15, 0.2) is 11.5 Å². The van der Waals surface area contributed by atoms with Gasteiger partial charge in [-0.15, -0.1) is 0 Å². The van der Waals surface area contributed by atoms with Gasteiger partial charge in [0.2, 0.25) is 5.82 Å². The van der Waals surface area contributed by atoms with Gasteiger partial charge in [0, 0.05) is 25.7 Å². The van der Waals surface area contributed by atoms with Crippen LogP contribution in [-0.4, -0.2) is 44.0 Å². The summed E-state index contributed by atoms with van der Waals surface area (Å²) in [6.07, 6.45) is -2.43. The first-order valence-electron chi connectivity index (χ1n) is 8.71. The summed E-state index contributed by atoms with van der Waals surface area (Å²) in [4.78, 5) is 16.1. The summed E-state index contributed by atoms with van der Waals surface area (Å²) in [7, 11) is 0. The monoisotopic (exact) mass is 376 g/mol. The highest BCUT2D eigenvalue weighted by Gasteiger charge is 2.35. The topological polar surface area (TPSA) is 69.7 Å². The van der Waals surface area contributed by atoms with E-state index in [1.807, 2.05) is 0 Å². The smallest absolute Gasteiger partial charge is 0.364 e. The number of aryl methyl sites for hydroxylation is 1. The Labute approximate surface area is 153 Å². The van der Waals surface area contributed by atoms with Crippen molar-refractivity contribution in [2.24, 2.45) is 0 Å². The van der Waals surface area contributed by atoms with Gasteiger partial charge >= 0.3 is 6.18 Å². The molecule has 1 aliphatic heterocycles. The van der Waals surface area contributed by atoms with Crippen molar-refractivity contribution >= 4 is 17.0 Å². The Morgan fingerprint density at radius 2 is 2.00 bits per heavy atom. The number of hydrogen-bond acceptors (Lipinski definition) is 5. The molecule has 1 unspecified atom stereocenters. The van der Waals surface area contributed by atoms with Gasteiger partial charge in [-0.3, -0.25) is 4.90 Å². The first-order chi connectivity index (χ1) is 12.9. The highest BCUT2D eigenvalue weighted by Crippen LogP contribution is 2.30. The fourth-order valence-corrected chi connectivity index (χ4v) is 3.31. The van der Waals surface area contributed by atoms with Crippen LogP contribution in [0.1, 0.15) is 23.4 Å². The number of H-pyrrole nitrogens is 1. The minimum absolute atomic E-state index is 0.00864. The van der Waals surface area contributed by atoms with Crippen LogP contribution in [0.4, 0.5) is 19.0 Å². The molecule has 142 valence electrons. The second kappa shape index (κ2) is 6.80. The van der Waals surface area contributed by atoms with Crippen LogP contribution in [-0.2, 0) is 12.7 Å². The SMILES string of the molecule is Cc1ccc(CN2CCC(Nc3ncnc4nc(C(F)(F)F)[nH]c34)C2)cc1. The third-order valence-electron chi connectivity index (χ3n) is 4.70. The van der Waals surface area contributed by atoms with E-state index in [0.717, 1.165) is 26.1 Å². The van der Waals surface area contributed by atoms with Crippen molar-refractivity contribution in [3.8, 4) is 0 Å². The molecule has 2 N–H and O–H groups in total. The Morgan fingerprint density at radius 3 is 2.74 bits per heavy atom. The van der Waals surface area contributed by atoms with Crippen LogP contribution in [0.5, 0.6) is 0 Å². The Kier molecular flexibility index (Phi) is 4.47. The molecule has 0 aliphatic carbocycles. The molecule has 9 heteroatoms. The number of anilines is 1. The van der Waals surface area contributed by atoms with Crippen molar-refractivity contribution < 1.29 is 13.2 Å². The van der Waals surface area contributed by atoms with Crippen molar-refractivity contribution in [1.29, 1.82) is 0 Å². The zero-order valence-corrected chi connectivity index (χ0v) is 14.7. The first kappa shape index (κ1) is 17.7. The van der Waals surface area contributed by atoms with Gasteiger partial charge < -0.3 is 10.3 Å². The lowest BCUT2D eigenvalue weighted by atomic mass is 10.1. The fourth-order valence-electron chi connectivity index (χ4n) is 3.31. The van der Waals surface area contributed by atoms with Crippen molar-refractivity contribution in [3.05, 3.63) is 47.5 Å². The third kappa shape index (κ3) is 3.87. The van der Waals surface area contributed by atoms with Crippen LogP contribution in [0, 0.1) is 6.92 Å². The Hall–Kier alpha value is -2.68. The number of aromatic nitrogens is 4. The number of fused-ring (bicyclic) bond motifs is 1. The summed E-state index contributed by atoms with van der Waals surface area (Å²) >= 11 is 0. The number of aromatic amines is 1. The van der Waals surface area contributed by atoms with Crippen LogP contribution in [0.2, 0.25) is 0 Å². The minimum atomic E-state index is -4.55. The molecule has 0 spiro atoms. The van der Waals surface area contributed by atoms with Crippen LogP contribution < -0.4 is 5.32 Å². The number of imidazole rings is 1.